The molecular formula is H10NO7S-. The van der Waals surface area contributed by atoms with Crippen LogP contribution in [-0.2, 0) is 10.3 Å². The predicted molar refractivity (Wildman–Crippen MR) is 28.3 cm³/mol. The van der Waals surface area contributed by atoms with Crippen LogP contribution in [0, 0.1) is 0 Å². The molecule has 64 valence electrons. The Balaban J connectivity index is -0.0000000133. The predicted octanol–water partition coefficient (Wildman–Crippen LogP) is -4.89. The van der Waals surface area contributed by atoms with Crippen LogP contribution in [-0.4, -0.2) is 34.9 Å². The van der Waals surface area contributed by atoms with Crippen LogP contribution in [0.3, 0.4) is 0 Å². The molecule has 0 fully saturated rings. The minimum absolute atomic E-state index is 0. The molecule has 0 unspecified atom stereocenters. The zero-order valence-electron chi connectivity index (χ0n) is 4.21. The summed E-state index contributed by atoms with van der Waals surface area (Å²) in [6, 6.07) is 0. The summed E-state index contributed by atoms with van der Waals surface area (Å²) in [7, 11) is -4.42. The first-order chi connectivity index (χ1) is 2.00. The second kappa shape index (κ2) is 10.6. The summed E-state index contributed by atoms with van der Waals surface area (Å²) in [6.07, 6.45) is 0. The lowest BCUT2D eigenvalue weighted by atomic mass is 13.9. The van der Waals surface area contributed by atoms with E-state index < -0.39 is 10.3 Å². The van der Waals surface area contributed by atoms with Crippen LogP contribution in [0.4, 0.5) is 0 Å². The fourth-order valence-electron chi connectivity index (χ4n) is 0. The molecule has 0 saturated heterocycles. The Morgan fingerprint density at radius 3 is 1.00 bits per heavy atom. The van der Waals surface area contributed by atoms with Crippen LogP contribution in [0.1, 0.15) is 0 Å². The van der Waals surface area contributed by atoms with Gasteiger partial charge >= 0.3 is 0 Å². The summed E-state index contributed by atoms with van der Waals surface area (Å²) in [5.74, 6) is 0. The van der Waals surface area contributed by atoms with Gasteiger partial charge in [0.2, 0.25) is 0 Å². The molecule has 0 aliphatic carbocycles. The second-order valence-corrected chi connectivity index (χ2v) is 1.48. The van der Waals surface area contributed by atoms with Crippen molar-refractivity contribution in [3.8, 4) is 0 Å². The summed E-state index contributed by atoms with van der Waals surface area (Å²) in [5.41, 5.74) is 0. The third kappa shape index (κ3) is 2990. The number of nitrogens with two attached hydrogens (primary N) is 1. The summed E-state index contributed by atoms with van der Waals surface area (Å²) < 4.78 is 26.6. The van der Waals surface area contributed by atoms with Crippen LogP contribution in [0.25, 0.3) is 0 Å². The molecule has 9 heavy (non-hydrogen) atoms. The summed E-state index contributed by atoms with van der Waals surface area (Å²) in [6.45, 7) is 0. The van der Waals surface area contributed by atoms with Gasteiger partial charge in [0.25, 0.3) is 0 Å². The summed E-state index contributed by atoms with van der Waals surface area (Å²) in [5, 5.41) is 3.77. The first-order valence-corrected chi connectivity index (χ1v) is 2.21. The van der Waals surface area contributed by atoms with Crippen molar-refractivity contribution < 1.29 is 34.9 Å². The summed E-state index contributed by atoms with van der Waals surface area (Å²) in [4.78, 5) is 0. The smallest absolute Gasteiger partial charge is 0.156 e. The Morgan fingerprint density at radius 1 is 1.00 bits per heavy atom. The maximum absolute atomic E-state index is 8.85. The van der Waals surface area contributed by atoms with Gasteiger partial charge in [-0.15, -0.1) is 0 Å². The lowest BCUT2D eigenvalue weighted by Crippen LogP contribution is -2.08. The Kier molecular flexibility index (Phi) is 44.5. The topological polar surface area (TPSA) is 209 Å². The number of rotatable bonds is 0. The van der Waals surface area contributed by atoms with Crippen molar-refractivity contribution in [2.45, 2.75) is 0 Å². The van der Waals surface area contributed by atoms with Gasteiger partial charge < -0.3 is 26.5 Å². The van der Waals surface area contributed by atoms with Gasteiger partial charge in [-0.2, -0.15) is 0 Å². The van der Waals surface area contributed by atoms with Crippen LogP contribution in [0.15, 0.2) is 0 Å². The van der Waals surface area contributed by atoms with Crippen molar-refractivity contribution in [2.24, 2.45) is 5.14 Å². The largest absolute Gasteiger partial charge is 0.736 e. The quantitative estimate of drug-likeness (QED) is 0.352. The molecule has 0 aromatic heterocycles. The van der Waals surface area contributed by atoms with Gasteiger partial charge in [0.1, 0.15) is 0 Å². The molecule has 0 aromatic carbocycles. The SMILES string of the molecule is NS(=O)(=O)[O-].O.O.O.O. The van der Waals surface area contributed by atoms with Gasteiger partial charge in [0.05, 0.1) is 0 Å². The Labute approximate surface area is 51.4 Å². The Morgan fingerprint density at radius 2 is 1.00 bits per heavy atom. The van der Waals surface area contributed by atoms with Gasteiger partial charge in [-0.25, -0.2) is 13.6 Å². The zero-order valence-corrected chi connectivity index (χ0v) is 5.03. The first kappa shape index (κ1) is 37.6. The van der Waals surface area contributed by atoms with E-state index in [1.54, 1.807) is 0 Å². The summed E-state index contributed by atoms with van der Waals surface area (Å²) >= 11 is 0. The fraction of sp³-hybridized carbons (Fsp3) is 0. The zero-order chi connectivity index (χ0) is 4.50. The maximum Gasteiger partial charge on any atom is 0.156 e. The fourth-order valence-corrected chi connectivity index (χ4v) is 0. The molecule has 0 atom stereocenters. The molecule has 0 spiro atoms. The van der Waals surface area contributed by atoms with E-state index in [2.05, 4.69) is 5.14 Å². The third-order valence-corrected chi connectivity index (χ3v) is 0. The average Bonchev–Trinajstić information content (AvgIpc) is 0.722. The molecule has 0 bridgehead atoms. The maximum atomic E-state index is 8.85. The highest BCUT2D eigenvalue weighted by Gasteiger charge is 1.64. The molecule has 9 heteroatoms. The molecule has 0 amide bonds. The van der Waals surface area contributed by atoms with E-state index in [1.807, 2.05) is 0 Å². The second-order valence-electron chi connectivity index (χ2n) is 0.493. The van der Waals surface area contributed by atoms with Gasteiger partial charge in [0.15, 0.2) is 10.3 Å². The first-order valence-electron chi connectivity index (χ1n) is 0.736. The van der Waals surface area contributed by atoms with Gasteiger partial charge in [-0.3, -0.25) is 0 Å². The minimum atomic E-state index is -4.42. The minimum Gasteiger partial charge on any atom is -0.736 e. The molecule has 0 heterocycles. The number of hydrogen-bond donors (Lipinski definition) is 1. The Hall–Kier alpha value is -0.290. The Bertz CT molecular complexity index is 92.1. The molecule has 0 radical (unpaired) electrons. The van der Waals surface area contributed by atoms with Crippen molar-refractivity contribution in [1.82, 2.24) is 0 Å². The molecule has 0 aliphatic heterocycles. The van der Waals surface area contributed by atoms with E-state index in [9.17, 15) is 0 Å². The van der Waals surface area contributed by atoms with E-state index in [0.717, 1.165) is 0 Å². The lowest BCUT2D eigenvalue weighted by Gasteiger charge is -1.90. The van der Waals surface area contributed by atoms with Crippen molar-refractivity contribution in [3.63, 3.8) is 0 Å². The highest BCUT2D eigenvalue weighted by atomic mass is 32.2. The van der Waals surface area contributed by atoms with E-state index >= 15 is 0 Å². The highest BCUT2D eigenvalue weighted by molar-refractivity contribution is 7.83. The molecule has 10 N–H and O–H groups in total. The molecular weight excluding hydrogens is 158 g/mol. The van der Waals surface area contributed by atoms with E-state index in [0.29, 0.717) is 0 Å². The lowest BCUT2D eigenvalue weighted by molar-refractivity contribution is 0.464. The van der Waals surface area contributed by atoms with Crippen molar-refractivity contribution in [2.75, 3.05) is 0 Å². The van der Waals surface area contributed by atoms with E-state index in [1.165, 1.54) is 0 Å². The van der Waals surface area contributed by atoms with Crippen molar-refractivity contribution in [1.29, 1.82) is 0 Å². The van der Waals surface area contributed by atoms with Crippen LogP contribution in [0.2, 0.25) is 0 Å². The highest BCUT2D eigenvalue weighted by Crippen LogP contribution is 1.49. The van der Waals surface area contributed by atoms with Gasteiger partial charge in [0, 0.05) is 0 Å². The normalized spacial score (nSPS) is 6.44. The molecule has 0 rings (SSSR count). The molecule has 0 aliphatic rings. The molecule has 0 aromatic rings. The standard InChI is InChI=1S/H3NO3S.4H2O/c1-5(2,3)4;;;;/h(H3,1,2,3,4);4*1H2/p-1. The van der Waals surface area contributed by atoms with Crippen LogP contribution in [0.5, 0.6) is 0 Å². The van der Waals surface area contributed by atoms with Crippen molar-refractivity contribution >= 4 is 10.3 Å². The van der Waals surface area contributed by atoms with Crippen LogP contribution < -0.4 is 5.14 Å². The molecule has 8 nitrogen and oxygen atoms in total. The van der Waals surface area contributed by atoms with Crippen molar-refractivity contribution in [3.05, 3.63) is 0 Å². The van der Waals surface area contributed by atoms with Gasteiger partial charge in [-0.05, 0) is 0 Å². The van der Waals surface area contributed by atoms with Crippen LogP contribution >= 0.6 is 0 Å². The average molecular weight is 168 g/mol. The third-order valence-electron chi connectivity index (χ3n) is 0. The van der Waals surface area contributed by atoms with E-state index in [4.69, 9.17) is 13.0 Å². The molecule has 0 saturated carbocycles. The van der Waals surface area contributed by atoms with Gasteiger partial charge in [-0.1, -0.05) is 0 Å². The number of hydrogen-bond acceptors (Lipinski definition) is 3. The van der Waals surface area contributed by atoms with E-state index in [-0.39, 0.29) is 21.9 Å². The monoisotopic (exact) mass is 168 g/mol.